The van der Waals surface area contributed by atoms with Gasteiger partial charge in [0.2, 0.25) is 5.91 Å². The Balaban J connectivity index is 1.81. The van der Waals surface area contributed by atoms with Crippen LogP contribution in [0, 0.1) is 0 Å². The molecule has 2 aromatic rings. The molecule has 3 nitrogen and oxygen atoms in total. The van der Waals surface area contributed by atoms with Gasteiger partial charge in [-0.15, -0.1) is 0 Å². The molecule has 1 N–H and O–H groups in total. The van der Waals surface area contributed by atoms with Crippen molar-refractivity contribution in [2.75, 3.05) is 5.75 Å². The van der Waals surface area contributed by atoms with Gasteiger partial charge in [-0.25, -0.2) is 0 Å². The maximum Gasteiger partial charge on any atom is 0.232 e. The summed E-state index contributed by atoms with van der Waals surface area (Å²) in [5, 5.41) is 2.81. The molecule has 24 heavy (non-hydrogen) atoms. The van der Waals surface area contributed by atoms with E-state index in [4.69, 9.17) is 0 Å². The molecule has 0 bridgehead atoms. The van der Waals surface area contributed by atoms with Crippen LogP contribution in [0.4, 0.5) is 0 Å². The first-order valence-corrected chi connectivity index (χ1v) is 9.58. The Hall–Kier alpha value is -1.94. The van der Waals surface area contributed by atoms with E-state index in [9.17, 15) is 9.00 Å². The van der Waals surface area contributed by atoms with Crippen molar-refractivity contribution >= 4 is 16.7 Å². The van der Waals surface area contributed by atoms with Gasteiger partial charge in [-0.2, -0.15) is 0 Å². The van der Waals surface area contributed by atoms with Gasteiger partial charge in [-0.05, 0) is 22.1 Å². The number of hydrogen-bond acceptors (Lipinski definition) is 2. The van der Waals surface area contributed by atoms with Gasteiger partial charge < -0.3 is 5.32 Å². The first-order valence-electron chi connectivity index (χ1n) is 8.09. The van der Waals surface area contributed by atoms with E-state index in [2.05, 4.69) is 38.2 Å². The number of rotatable bonds is 6. The second kappa shape index (κ2) is 8.25. The van der Waals surface area contributed by atoms with Gasteiger partial charge in [0.05, 0.1) is 0 Å². The van der Waals surface area contributed by atoms with Gasteiger partial charge in [0, 0.05) is 23.1 Å². The quantitative estimate of drug-likeness (QED) is 0.872. The minimum atomic E-state index is -1.20. The van der Waals surface area contributed by atoms with Crippen LogP contribution in [0.15, 0.2) is 54.6 Å². The molecule has 0 fully saturated rings. The van der Waals surface area contributed by atoms with Crippen LogP contribution in [0.1, 0.15) is 37.5 Å². The SMILES string of the molecule is CC(C)(C)c1ccc(CS(=O)CC(=O)NCc2ccccc2)cc1. The molecule has 0 aliphatic rings. The Morgan fingerprint density at radius 1 is 0.958 bits per heavy atom. The third kappa shape index (κ3) is 5.93. The molecule has 128 valence electrons. The highest BCUT2D eigenvalue weighted by Crippen LogP contribution is 2.22. The summed E-state index contributed by atoms with van der Waals surface area (Å²) in [5.41, 5.74) is 3.39. The fraction of sp³-hybridized carbons (Fsp3) is 0.350. The second-order valence-corrected chi connectivity index (χ2v) is 8.39. The lowest BCUT2D eigenvalue weighted by molar-refractivity contribution is -0.118. The summed E-state index contributed by atoms with van der Waals surface area (Å²) in [4.78, 5) is 11.9. The molecule has 0 aliphatic heterocycles. The molecule has 1 amide bonds. The highest BCUT2D eigenvalue weighted by atomic mass is 32.2. The standard InChI is InChI=1S/C20H25NO2S/c1-20(2,3)18-11-9-17(10-12-18)14-24(23)15-19(22)21-13-16-7-5-4-6-8-16/h4-12H,13-15H2,1-3H3,(H,21,22). The number of hydrogen-bond donors (Lipinski definition) is 1. The molecular weight excluding hydrogens is 318 g/mol. The van der Waals surface area contributed by atoms with E-state index in [1.807, 2.05) is 42.5 Å². The van der Waals surface area contributed by atoms with Gasteiger partial charge in [-0.3, -0.25) is 9.00 Å². The van der Waals surface area contributed by atoms with E-state index in [0.29, 0.717) is 12.3 Å². The third-order valence-electron chi connectivity index (χ3n) is 3.77. The predicted molar refractivity (Wildman–Crippen MR) is 100 cm³/mol. The second-order valence-electron chi connectivity index (χ2n) is 6.94. The van der Waals surface area contributed by atoms with E-state index in [1.165, 1.54) is 5.56 Å². The zero-order valence-corrected chi connectivity index (χ0v) is 15.4. The number of amides is 1. The minimum absolute atomic E-state index is 0.0356. The van der Waals surface area contributed by atoms with Crippen LogP contribution >= 0.6 is 0 Å². The van der Waals surface area contributed by atoms with Gasteiger partial charge in [0.25, 0.3) is 0 Å². The number of carbonyl (C=O) groups is 1. The molecule has 1 unspecified atom stereocenters. The lowest BCUT2D eigenvalue weighted by Gasteiger charge is -2.19. The average Bonchev–Trinajstić information content (AvgIpc) is 2.53. The molecule has 2 rings (SSSR count). The highest BCUT2D eigenvalue weighted by Gasteiger charge is 2.14. The van der Waals surface area contributed by atoms with E-state index >= 15 is 0 Å². The average molecular weight is 343 g/mol. The molecule has 0 spiro atoms. The van der Waals surface area contributed by atoms with E-state index in [1.54, 1.807) is 0 Å². The largest absolute Gasteiger partial charge is 0.351 e. The molecule has 1 atom stereocenters. The summed E-state index contributed by atoms with van der Waals surface area (Å²) in [7, 11) is -1.20. The first-order chi connectivity index (χ1) is 11.3. The molecular formula is C20H25NO2S. The van der Waals surface area contributed by atoms with Gasteiger partial charge in [0.1, 0.15) is 5.75 Å². The van der Waals surface area contributed by atoms with Crippen LogP contribution in [0.2, 0.25) is 0 Å². The third-order valence-corrected chi connectivity index (χ3v) is 5.01. The molecule has 0 saturated heterocycles. The van der Waals surface area contributed by atoms with Crippen LogP contribution in [0.5, 0.6) is 0 Å². The number of nitrogens with one attached hydrogen (secondary N) is 1. The van der Waals surface area contributed by atoms with E-state index in [-0.39, 0.29) is 17.1 Å². The molecule has 0 aromatic heterocycles. The zero-order valence-electron chi connectivity index (χ0n) is 14.5. The molecule has 2 aromatic carbocycles. The topological polar surface area (TPSA) is 46.2 Å². The van der Waals surface area contributed by atoms with Crippen molar-refractivity contribution in [1.82, 2.24) is 5.32 Å². The van der Waals surface area contributed by atoms with Gasteiger partial charge in [-0.1, -0.05) is 75.4 Å². The lowest BCUT2D eigenvalue weighted by atomic mass is 9.87. The van der Waals surface area contributed by atoms with Crippen molar-refractivity contribution in [2.24, 2.45) is 0 Å². The summed E-state index contributed by atoms with van der Waals surface area (Å²) in [6, 6.07) is 17.8. The van der Waals surface area contributed by atoms with Crippen molar-refractivity contribution in [3.63, 3.8) is 0 Å². The lowest BCUT2D eigenvalue weighted by Crippen LogP contribution is -2.28. The summed E-state index contributed by atoms with van der Waals surface area (Å²) < 4.78 is 12.2. The number of benzene rings is 2. The summed E-state index contributed by atoms with van der Waals surface area (Å²) >= 11 is 0. The van der Waals surface area contributed by atoms with Crippen molar-refractivity contribution in [3.8, 4) is 0 Å². The Labute approximate surface area is 146 Å². The van der Waals surface area contributed by atoms with Crippen molar-refractivity contribution in [2.45, 2.75) is 38.5 Å². The molecule has 0 saturated carbocycles. The Morgan fingerprint density at radius 3 is 2.17 bits per heavy atom. The highest BCUT2D eigenvalue weighted by molar-refractivity contribution is 7.84. The van der Waals surface area contributed by atoms with Crippen LogP contribution in [-0.2, 0) is 33.3 Å². The molecule has 0 heterocycles. The van der Waals surface area contributed by atoms with Crippen molar-refractivity contribution in [1.29, 1.82) is 0 Å². The minimum Gasteiger partial charge on any atom is -0.351 e. The predicted octanol–water partition coefficient (Wildman–Crippen LogP) is 3.55. The zero-order chi connectivity index (χ0) is 17.6. The maximum absolute atomic E-state index is 12.2. The normalized spacial score (nSPS) is 12.6. The van der Waals surface area contributed by atoms with Crippen LogP contribution < -0.4 is 5.32 Å². The Morgan fingerprint density at radius 2 is 1.58 bits per heavy atom. The van der Waals surface area contributed by atoms with Crippen LogP contribution in [0.25, 0.3) is 0 Å². The molecule has 0 aliphatic carbocycles. The first kappa shape index (κ1) is 18.4. The molecule has 4 heteroatoms. The van der Waals surface area contributed by atoms with E-state index < -0.39 is 10.8 Å². The molecule has 0 radical (unpaired) electrons. The maximum atomic E-state index is 12.2. The summed E-state index contributed by atoms with van der Waals surface area (Å²) in [5.74, 6) is 0.264. The van der Waals surface area contributed by atoms with Gasteiger partial charge >= 0.3 is 0 Å². The smallest absolute Gasteiger partial charge is 0.232 e. The summed E-state index contributed by atoms with van der Waals surface area (Å²) in [6.45, 7) is 6.96. The summed E-state index contributed by atoms with van der Waals surface area (Å²) in [6.07, 6.45) is 0. The Kier molecular flexibility index (Phi) is 6.32. The van der Waals surface area contributed by atoms with Gasteiger partial charge in [0.15, 0.2) is 0 Å². The fourth-order valence-corrected chi connectivity index (χ4v) is 3.39. The monoisotopic (exact) mass is 343 g/mol. The van der Waals surface area contributed by atoms with Crippen LogP contribution in [0.3, 0.4) is 0 Å². The van der Waals surface area contributed by atoms with E-state index in [0.717, 1.165) is 11.1 Å². The van der Waals surface area contributed by atoms with Crippen LogP contribution in [-0.4, -0.2) is 15.9 Å². The Bertz CT molecular complexity index is 688. The van der Waals surface area contributed by atoms with Crippen molar-refractivity contribution in [3.05, 3.63) is 71.3 Å². The number of carbonyl (C=O) groups excluding carboxylic acids is 1. The van der Waals surface area contributed by atoms with Crippen molar-refractivity contribution < 1.29 is 9.00 Å². The fourth-order valence-electron chi connectivity index (χ4n) is 2.33.